The number of nitrogens with one attached hydrogen (secondary N) is 1. The number of thioether (sulfide) groups is 1. The molecule has 0 radical (unpaired) electrons. The van der Waals surface area contributed by atoms with Crippen LogP contribution in [0.4, 0.5) is 5.69 Å². The van der Waals surface area contributed by atoms with Gasteiger partial charge in [-0.05, 0) is 37.1 Å². The highest BCUT2D eigenvalue weighted by Gasteiger charge is 2.23. The smallest absolute Gasteiger partial charge is 0.297 e. The first-order chi connectivity index (χ1) is 16.1. The SMILES string of the molecule is COc1cccc(NC(=O)CSc2nc3c(oc4ccccc43)c(=O)n2C[C@@H]2CCCO2)c1. The zero-order chi connectivity index (χ0) is 22.8. The number of carbonyl (C=O) groups is 1. The van der Waals surface area contributed by atoms with E-state index < -0.39 is 0 Å². The van der Waals surface area contributed by atoms with Gasteiger partial charge >= 0.3 is 0 Å². The Bertz CT molecular complexity index is 1370. The van der Waals surface area contributed by atoms with Gasteiger partial charge in [-0.25, -0.2) is 4.98 Å². The lowest BCUT2D eigenvalue weighted by Gasteiger charge is -2.15. The van der Waals surface area contributed by atoms with Gasteiger partial charge in [-0.1, -0.05) is 30.0 Å². The number of anilines is 1. The zero-order valence-electron chi connectivity index (χ0n) is 18.1. The second-order valence-corrected chi connectivity index (χ2v) is 8.73. The van der Waals surface area contributed by atoms with Crippen molar-refractivity contribution in [1.29, 1.82) is 0 Å². The first-order valence-corrected chi connectivity index (χ1v) is 11.7. The number of amides is 1. The summed E-state index contributed by atoms with van der Waals surface area (Å²) in [7, 11) is 1.57. The van der Waals surface area contributed by atoms with Crippen LogP contribution < -0.4 is 15.6 Å². The van der Waals surface area contributed by atoms with E-state index in [1.165, 1.54) is 11.8 Å². The van der Waals surface area contributed by atoms with Crippen LogP contribution in [-0.2, 0) is 16.1 Å². The van der Waals surface area contributed by atoms with E-state index in [1.54, 1.807) is 29.9 Å². The number of rotatable bonds is 7. The van der Waals surface area contributed by atoms with E-state index in [-0.39, 0.29) is 28.9 Å². The van der Waals surface area contributed by atoms with Crippen molar-refractivity contribution in [1.82, 2.24) is 9.55 Å². The molecule has 0 saturated carbocycles. The minimum Gasteiger partial charge on any atom is -0.497 e. The quantitative estimate of drug-likeness (QED) is 0.325. The average molecular weight is 466 g/mol. The largest absolute Gasteiger partial charge is 0.497 e. The van der Waals surface area contributed by atoms with Crippen LogP contribution in [0.15, 0.2) is 62.9 Å². The average Bonchev–Trinajstić information content (AvgIpc) is 3.48. The fourth-order valence-corrected chi connectivity index (χ4v) is 4.75. The summed E-state index contributed by atoms with van der Waals surface area (Å²) in [6.45, 7) is 1.06. The second-order valence-electron chi connectivity index (χ2n) is 7.79. The maximum Gasteiger partial charge on any atom is 0.297 e. The summed E-state index contributed by atoms with van der Waals surface area (Å²) in [5, 5.41) is 4.10. The molecule has 1 N–H and O–H groups in total. The molecule has 0 bridgehead atoms. The predicted molar refractivity (Wildman–Crippen MR) is 127 cm³/mol. The van der Waals surface area contributed by atoms with Gasteiger partial charge in [0, 0.05) is 23.7 Å². The van der Waals surface area contributed by atoms with E-state index in [4.69, 9.17) is 18.9 Å². The topological polar surface area (TPSA) is 95.6 Å². The van der Waals surface area contributed by atoms with Gasteiger partial charge in [0.25, 0.3) is 5.56 Å². The fourth-order valence-electron chi connectivity index (χ4n) is 3.94. The number of nitrogens with zero attached hydrogens (tertiary/aromatic N) is 2. The molecule has 8 nitrogen and oxygen atoms in total. The highest BCUT2D eigenvalue weighted by atomic mass is 32.2. The van der Waals surface area contributed by atoms with Gasteiger partial charge in [0.2, 0.25) is 11.5 Å². The van der Waals surface area contributed by atoms with Gasteiger partial charge < -0.3 is 19.2 Å². The summed E-state index contributed by atoms with van der Waals surface area (Å²) in [5.41, 5.74) is 1.72. The van der Waals surface area contributed by atoms with Crippen LogP contribution >= 0.6 is 11.8 Å². The standard InChI is InChI=1S/C24H23N3O5S/c1-30-16-7-4-6-15(12-16)25-20(28)14-33-24-26-21-18-9-2-3-10-19(18)32-22(21)23(29)27(24)13-17-8-5-11-31-17/h2-4,6-7,9-10,12,17H,5,8,11,13-14H2,1H3,(H,25,28)/t17-/m0/s1. The number of aromatic nitrogens is 2. The molecule has 0 aliphatic carbocycles. The van der Waals surface area contributed by atoms with Crippen LogP contribution in [-0.4, -0.2) is 41.0 Å². The van der Waals surface area contributed by atoms with Crippen molar-refractivity contribution < 1.29 is 18.7 Å². The number of fused-ring (bicyclic) bond motifs is 3. The summed E-state index contributed by atoms with van der Waals surface area (Å²) >= 11 is 1.22. The Morgan fingerprint density at radius 1 is 1.27 bits per heavy atom. The molecule has 1 fully saturated rings. The molecule has 2 aromatic carbocycles. The highest BCUT2D eigenvalue weighted by Crippen LogP contribution is 2.28. The van der Waals surface area contributed by atoms with Gasteiger partial charge in [-0.2, -0.15) is 0 Å². The van der Waals surface area contributed by atoms with E-state index in [2.05, 4.69) is 5.32 Å². The molecular weight excluding hydrogens is 442 g/mol. The lowest BCUT2D eigenvalue weighted by atomic mass is 10.2. The third-order valence-electron chi connectivity index (χ3n) is 5.54. The number of para-hydroxylation sites is 1. The van der Waals surface area contributed by atoms with Gasteiger partial charge in [0.05, 0.1) is 25.5 Å². The third-order valence-corrected chi connectivity index (χ3v) is 6.52. The van der Waals surface area contributed by atoms with Crippen molar-refractivity contribution in [2.24, 2.45) is 0 Å². The van der Waals surface area contributed by atoms with Gasteiger partial charge in [-0.3, -0.25) is 14.2 Å². The minimum absolute atomic E-state index is 0.0590. The second kappa shape index (κ2) is 9.29. The lowest BCUT2D eigenvalue weighted by molar-refractivity contribution is -0.113. The van der Waals surface area contributed by atoms with E-state index in [0.29, 0.717) is 40.8 Å². The van der Waals surface area contributed by atoms with Crippen molar-refractivity contribution in [3.05, 3.63) is 58.9 Å². The summed E-state index contributed by atoms with van der Waals surface area (Å²) in [6.07, 6.45) is 1.78. The van der Waals surface area contributed by atoms with E-state index in [0.717, 1.165) is 18.2 Å². The molecule has 1 aliphatic heterocycles. The van der Waals surface area contributed by atoms with Crippen molar-refractivity contribution in [3.8, 4) is 5.75 Å². The summed E-state index contributed by atoms with van der Waals surface area (Å²) in [6, 6.07) is 14.6. The number of carbonyl (C=O) groups excluding carboxylic acids is 1. The molecule has 9 heteroatoms. The zero-order valence-corrected chi connectivity index (χ0v) is 18.9. The molecule has 1 atom stereocenters. The van der Waals surface area contributed by atoms with Crippen LogP contribution in [0.3, 0.4) is 0 Å². The maximum absolute atomic E-state index is 13.4. The van der Waals surface area contributed by atoms with Gasteiger partial charge in [0.15, 0.2) is 5.16 Å². The number of methoxy groups -OCH3 is 1. The number of hydrogen-bond acceptors (Lipinski definition) is 7. The Morgan fingerprint density at radius 2 is 2.15 bits per heavy atom. The fraction of sp³-hybridized carbons (Fsp3) is 0.292. The Balaban J connectivity index is 1.45. The molecule has 4 aromatic rings. The van der Waals surface area contributed by atoms with E-state index in [1.807, 2.05) is 30.3 Å². The van der Waals surface area contributed by atoms with Crippen LogP contribution in [0.1, 0.15) is 12.8 Å². The van der Waals surface area contributed by atoms with E-state index >= 15 is 0 Å². The predicted octanol–water partition coefficient (Wildman–Crippen LogP) is 4.06. The molecule has 1 aliphatic rings. The first-order valence-electron chi connectivity index (χ1n) is 10.7. The molecular formula is C24H23N3O5S. The molecule has 0 spiro atoms. The molecule has 2 aromatic heterocycles. The van der Waals surface area contributed by atoms with Crippen molar-refractivity contribution in [2.45, 2.75) is 30.6 Å². The number of ether oxygens (including phenoxy) is 2. The van der Waals surface area contributed by atoms with Gasteiger partial charge in [-0.15, -0.1) is 0 Å². The first kappa shape index (κ1) is 21.5. The molecule has 1 saturated heterocycles. The monoisotopic (exact) mass is 465 g/mol. The molecule has 5 rings (SSSR count). The summed E-state index contributed by atoms with van der Waals surface area (Å²) in [5.74, 6) is 0.546. The third kappa shape index (κ3) is 4.46. The molecule has 170 valence electrons. The Kier molecular flexibility index (Phi) is 6.06. The van der Waals surface area contributed by atoms with Crippen molar-refractivity contribution in [2.75, 3.05) is 24.8 Å². The van der Waals surface area contributed by atoms with E-state index in [9.17, 15) is 9.59 Å². The number of hydrogen-bond donors (Lipinski definition) is 1. The lowest BCUT2D eigenvalue weighted by Crippen LogP contribution is -2.29. The van der Waals surface area contributed by atoms with Crippen LogP contribution in [0.5, 0.6) is 5.75 Å². The van der Waals surface area contributed by atoms with Crippen LogP contribution in [0.2, 0.25) is 0 Å². The highest BCUT2D eigenvalue weighted by molar-refractivity contribution is 7.99. The normalized spacial score (nSPS) is 15.8. The summed E-state index contributed by atoms with van der Waals surface area (Å²) < 4.78 is 18.4. The van der Waals surface area contributed by atoms with Gasteiger partial charge in [0.1, 0.15) is 16.8 Å². The maximum atomic E-state index is 13.4. The Labute approximate surface area is 193 Å². The Hall–Kier alpha value is -3.30. The molecule has 1 amide bonds. The van der Waals surface area contributed by atoms with Crippen LogP contribution in [0, 0.1) is 0 Å². The molecule has 33 heavy (non-hydrogen) atoms. The van der Waals surface area contributed by atoms with Crippen molar-refractivity contribution >= 4 is 45.4 Å². The number of benzene rings is 2. The van der Waals surface area contributed by atoms with Crippen LogP contribution in [0.25, 0.3) is 22.1 Å². The molecule has 3 heterocycles. The molecule has 0 unspecified atom stereocenters. The number of furan rings is 1. The Morgan fingerprint density at radius 3 is 2.97 bits per heavy atom. The summed E-state index contributed by atoms with van der Waals surface area (Å²) in [4.78, 5) is 30.7. The van der Waals surface area contributed by atoms with Crippen molar-refractivity contribution in [3.63, 3.8) is 0 Å². The minimum atomic E-state index is -0.262.